The number of allylic oxidation sites excluding steroid dienone is 1. The van der Waals surface area contributed by atoms with Gasteiger partial charge in [-0.1, -0.05) is 84.4 Å². The van der Waals surface area contributed by atoms with Gasteiger partial charge in [-0.05, 0) is 29.7 Å². The number of benzene rings is 3. The smallest absolute Gasteiger partial charge is 0.140 e. The summed E-state index contributed by atoms with van der Waals surface area (Å²) in [5.74, 6) is 0.935. The molecular weight excluding hydrogens is 364 g/mol. The van der Waals surface area contributed by atoms with Crippen molar-refractivity contribution in [1.82, 2.24) is 9.55 Å². The number of hydrogen-bond acceptors (Lipinski definition) is 1. The summed E-state index contributed by atoms with van der Waals surface area (Å²) in [4.78, 5) is 4.76. The molecule has 0 saturated carbocycles. The summed E-state index contributed by atoms with van der Waals surface area (Å²) in [7, 11) is 0. The molecule has 0 aliphatic heterocycles. The number of rotatable bonds is 6. The molecule has 0 N–H and O–H groups in total. The first-order valence-electron chi connectivity index (χ1n) is 9.31. The average Bonchev–Trinajstić information content (AvgIpc) is 3.14. The molecule has 3 heteroatoms. The van der Waals surface area contributed by atoms with E-state index in [-0.39, 0.29) is 0 Å². The second-order valence-corrected chi connectivity index (χ2v) is 7.11. The van der Waals surface area contributed by atoms with Crippen LogP contribution >= 0.6 is 11.6 Å². The van der Waals surface area contributed by atoms with E-state index in [0.29, 0.717) is 6.54 Å². The van der Waals surface area contributed by atoms with Crippen LogP contribution in [0, 0.1) is 0 Å². The van der Waals surface area contributed by atoms with E-state index in [0.717, 1.165) is 39.7 Å². The van der Waals surface area contributed by atoms with E-state index in [2.05, 4.69) is 53.6 Å². The van der Waals surface area contributed by atoms with Gasteiger partial charge in [-0.2, -0.15) is 0 Å². The van der Waals surface area contributed by atoms with Gasteiger partial charge in [0.2, 0.25) is 0 Å². The largest absolute Gasteiger partial charge is 0.319 e. The van der Waals surface area contributed by atoms with E-state index in [1.54, 1.807) is 0 Å². The van der Waals surface area contributed by atoms with Crippen LogP contribution in [0.1, 0.15) is 11.1 Å². The van der Waals surface area contributed by atoms with Crippen molar-refractivity contribution in [2.75, 3.05) is 0 Å². The lowest BCUT2D eigenvalue weighted by atomic mass is 10.1. The molecule has 0 radical (unpaired) electrons. The van der Waals surface area contributed by atoms with Crippen LogP contribution in [0.25, 0.3) is 22.6 Å². The predicted molar refractivity (Wildman–Crippen MR) is 118 cm³/mol. The monoisotopic (exact) mass is 384 g/mol. The topological polar surface area (TPSA) is 17.8 Å². The molecular formula is C25H21ClN2. The van der Waals surface area contributed by atoms with Gasteiger partial charge in [-0.15, -0.1) is 6.58 Å². The summed E-state index contributed by atoms with van der Waals surface area (Å²) in [5.41, 5.74) is 5.61. The summed E-state index contributed by atoms with van der Waals surface area (Å²) in [6.45, 7) is 4.51. The van der Waals surface area contributed by atoms with Crippen molar-refractivity contribution in [2.24, 2.45) is 0 Å². The van der Waals surface area contributed by atoms with Gasteiger partial charge in [0.15, 0.2) is 0 Å². The number of imidazole rings is 1. The first-order valence-corrected chi connectivity index (χ1v) is 9.68. The molecule has 0 amide bonds. The Kier molecular flexibility index (Phi) is 5.41. The third-order valence-electron chi connectivity index (χ3n) is 4.78. The highest BCUT2D eigenvalue weighted by Gasteiger charge is 2.15. The Labute approximate surface area is 170 Å². The minimum Gasteiger partial charge on any atom is -0.319 e. The number of hydrogen-bond donors (Lipinski definition) is 0. The van der Waals surface area contributed by atoms with Gasteiger partial charge in [-0.3, -0.25) is 0 Å². The van der Waals surface area contributed by atoms with Crippen LogP contribution in [-0.4, -0.2) is 9.55 Å². The lowest BCUT2D eigenvalue weighted by Gasteiger charge is -2.14. The third kappa shape index (κ3) is 3.78. The van der Waals surface area contributed by atoms with Gasteiger partial charge in [-0.25, -0.2) is 4.98 Å². The summed E-state index contributed by atoms with van der Waals surface area (Å²) in [6, 6.07) is 26.8. The van der Waals surface area contributed by atoms with E-state index in [4.69, 9.17) is 16.6 Å². The maximum absolute atomic E-state index is 6.46. The second-order valence-electron chi connectivity index (χ2n) is 6.70. The zero-order chi connectivity index (χ0) is 19.3. The highest BCUT2D eigenvalue weighted by molar-refractivity contribution is 6.31. The van der Waals surface area contributed by atoms with Crippen molar-refractivity contribution < 1.29 is 0 Å². The maximum atomic E-state index is 6.46. The van der Waals surface area contributed by atoms with Crippen molar-refractivity contribution in [3.8, 4) is 22.6 Å². The first-order chi connectivity index (χ1) is 13.8. The molecule has 3 aromatic carbocycles. The minimum absolute atomic E-state index is 0.658. The molecule has 0 spiro atoms. The highest BCUT2D eigenvalue weighted by Crippen LogP contribution is 2.29. The lowest BCUT2D eigenvalue weighted by molar-refractivity contribution is 0.814. The molecule has 0 aliphatic rings. The molecule has 138 valence electrons. The quantitative estimate of drug-likeness (QED) is 0.340. The molecule has 0 bridgehead atoms. The maximum Gasteiger partial charge on any atom is 0.140 e. The van der Waals surface area contributed by atoms with E-state index in [9.17, 15) is 0 Å². The van der Waals surface area contributed by atoms with E-state index in [1.165, 1.54) is 5.56 Å². The van der Waals surface area contributed by atoms with Crippen molar-refractivity contribution in [3.63, 3.8) is 0 Å². The van der Waals surface area contributed by atoms with E-state index in [1.807, 2.05) is 48.7 Å². The third-order valence-corrected chi connectivity index (χ3v) is 5.15. The van der Waals surface area contributed by atoms with Gasteiger partial charge in [0.05, 0.1) is 18.4 Å². The van der Waals surface area contributed by atoms with Crippen LogP contribution in [0.4, 0.5) is 0 Å². The summed E-state index contributed by atoms with van der Waals surface area (Å²) < 4.78 is 2.24. The highest BCUT2D eigenvalue weighted by atomic mass is 35.5. The SMILES string of the molecule is C=CCc1cccc(-c2cnc(-c3ccccc3)n2Cc2ccccc2Cl)c1. The van der Waals surface area contributed by atoms with Gasteiger partial charge in [0, 0.05) is 16.1 Å². The average molecular weight is 385 g/mol. The fourth-order valence-electron chi connectivity index (χ4n) is 3.41. The molecule has 4 aromatic rings. The molecule has 0 saturated heterocycles. The Morgan fingerprint density at radius 2 is 1.64 bits per heavy atom. The fraction of sp³-hybridized carbons (Fsp3) is 0.0800. The minimum atomic E-state index is 0.658. The Morgan fingerprint density at radius 3 is 2.43 bits per heavy atom. The Bertz CT molecular complexity index is 1100. The van der Waals surface area contributed by atoms with Crippen molar-refractivity contribution >= 4 is 11.6 Å². The van der Waals surface area contributed by atoms with Crippen LogP contribution in [0.2, 0.25) is 5.02 Å². The van der Waals surface area contributed by atoms with Crippen LogP contribution < -0.4 is 0 Å². The van der Waals surface area contributed by atoms with Crippen LogP contribution in [0.3, 0.4) is 0 Å². The van der Waals surface area contributed by atoms with Gasteiger partial charge in [0.25, 0.3) is 0 Å². The standard InChI is InChI=1S/C25H21ClN2/c1-2-9-19-10-8-14-21(16-19)24-17-27-25(20-11-4-3-5-12-20)28(24)18-22-13-6-7-15-23(22)26/h2-8,10-17H,1,9,18H2. The summed E-state index contributed by atoms with van der Waals surface area (Å²) >= 11 is 6.46. The Morgan fingerprint density at radius 1 is 0.893 bits per heavy atom. The Balaban J connectivity index is 1.85. The molecule has 0 fully saturated rings. The molecule has 0 atom stereocenters. The second kappa shape index (κ2) is 8.28. The molecule has 0 unspecified atom stereocenters. The normalized spacial score (nSPS) is 10.8. The van der Waals surface area contributed by atoms with Crippen LogP contribution in [0.15, 0.2) is 97.7 Å². The molecule has 0 aliphatic carbocycles. The fourth-order valence-corrected chi connectivity index (χ4v) is 3.60. The molecule has 28 heavy (non-hydrogen) atoms. The molecule has 2 nitrogen and oxygen atoms in total. The molecule has 4 rings (SSSR count). The zero-order valence-corrected chi connectivity index (χ0v) is 16.3. The molecule has 1 heterocycles. The van der Waals surface area contributed by atoms with Gasteiger partial charge in [0.1, 0.15) is 5.82 Å². The van der Waals surface area contributed by atoms with Crippen LogP contribution in [-0.2, 0) is 13.0 Å². The zero-order valence-electron chi connectivity index (χ0n) is 15.6. The summed E-state index contributed by atoms with van der Waals surface area (Å²) in [6.07, 6.45) is 4.72. The van der Waals surface area contributed by atoms with Crippen LogP contribution in [0.5, 0.6) is 0 Å². The summed E-state index contributed by atoms with van der Waals surface area (Å²) in [5, 5.41) is 0.765. The van der Waals surface area contributed by atoms with Crippen molar-refractivity contribution in [2.45, 2.75) is 13.0 Å². The Hall–Kier alpha value is -3.10. The predicted octanol–water partition coefficient (Wildman–Crippen LogP) is 6.65. The van der Waals surface area contributed by atoms with Gasteiger partial charge < -0.3 is 4.57 Å². The lowest BCUT2D eigenvalue weighted by Crippen LogP contribution is -2.05. The van der Waals surface area contributed by atoms with E-state index >= 15 is 0 Å². The number of aromatic nitrogens is 2. The number of nitrogens with zero attached hydrogens (tertiary/aromatic N) is 2. The number of halogens is 1. The van der Waals surface area contributed by atoms with Gasteiger partial charge >= 0.3 is 0 Å². The molecule has 1 aromatic heterocycles. The van der Waals surface area contributed by atoms with E-state index < -0.39 is 0 Å². The van der Waals surface area contributed by atoms with Crippen molar-refractivity contribution in [1.29, 1.82) is 0 Å². The first kappa shape index (κ1) is 18.3. The van der Waals surface area contributed by atoms with Crippen molar-refractivity contribution in [3.05, 3.63) is 114 Å².